The first-order valence-electron chi connectivity index (χ1n) is 8.48. The van der Waals surface area contributed by atoms with Crippen LogP contribution in [0.15, 0.2) is 48.5 Å². The van der Waals surface area contributed by atoms with Crippen LogP contribution in [-0.4, -0.2) is 21.8 Å². The van der Waals surface area contributed by atoms with Crippen LogP contribution in [0.25, 0.3) is 0 Å². The monoisotopic (exact) mass is 351 g/mol. The molecule has 7 heteroatoms. The fourth-order valence-corrected chi connectivity index (χ4v) is 3.95. The van der Waals surface area contributed by atoms with Crippen LogP contribution in [-0.2, 0) is 23.3 Å². The summed E-state index contributed by atoms with van der Waals surface area (Å²) in [4.78, 5) is 37.6. The summed E-state index contributed by atoms with van der Waals surface area (Å²) < 4.78 is 0. The zero-order valence-electron chi connectivity index (χ0n) is 14.0. The van der Waals surface area contributed by atoms with Crippen molar-refractivity contribution in [1.29, 1.82) is 0 Å². The lowest BCUT2D eigenvalue weighted by molar-refractivity contribution is -0.385. The van der Waals surface area contributed by atoms with E-state index in [0.717, 1.165) is 28.9 Å². The molecule has 0 unspecified atom stereocenters. The van der Waals surface area contributed by atoms with Crippen molar-refractivity contribution in [2.75, 3.05) is 0 Å². The van der Waals surface area contributed by atoms with Gasteiger partial charge in [0.15, 0.2) is 0 Å². The normalized spacial score (nSPS) is 21.6. The summed E-state index contributed by atoms with van der Waals surface area (Å²) in [5, 5.41) is 14.1. The van der Waals surface area contributed by atoms with Crippen molar-refractivity contribution in [2.45, 2.75) is 31.3 Å². The maximum absolute atomic E-state index is 13.2. The van der Waals surface area contributed by atoms with Crippen LogP contribution < -0.4 is 5.32 Å². The molecule has 0 aromatic heterocycles. The number of hydrogen-bond acceptors (Lipinski definition) is 4. The van der Waals surface area contributed by atoms with Gasteiger partial charge in [-0.25, -0.2) is 4.79 Å². The van der Waals surface area contributed by atoms with Crippen molar-refractivity contribution >= 4 is 17.6 Å². The molecule has 2 aromatic carbocycles. The molecule has 1 spiro atoms. The van der Waals surface area contributed by atoms with Gasteiger partial charge in [0.05, 0.1) is 11.5 Å². The zero-order chi connectivity index (χ0) is 18.3. The van der Waals surface area contributed by atoms with Crippen LogP contribution in [0.4, 0.5) is 10.5 Å². The number of urea groups is 1. The number of carbonyl (C=O) groups is 2. The average Bonchev–Trinajstić information content (AvgIpc) is 2.87. The third-order valence-electron chi connectivity index (χ3n) is 5.17. The first kappa shape index (κ1) is 16.3. The second kappa shape index (κ2) is 5.94. The average molecular weight is 351 g/mol. The number of carbonyl (C=O) groups excluding carboxylic acids is 2. The van der Waals surface area contributed by atoms with Crippen LogP contribution in [0.5, 0.6) is 0 Å². The molecule has 1 saturated heterocycles. The maximum Gasteiger partial charge on any atom is 0.325 e. The summed E-state index contributed by atoms with van der Waals surface area (Å²) in [5.74, 6) is -0.340. The lowest BCUT2D eigenvalue weighted by Crippen LogP contribution is -2.46. The number of aryl methyl sites for hydroxylation is 1. The van der Waals surface area contributed by atoms with Crippen LogP contribution in [0.1, 0.15) is 29.5 Å². The van der Waals surface area contributed by atoms with E-state index in [0.29, 0.717) is 12.0 Å². The third-order valence-corrected chi connectivity index (χ3v) is 5.17. The number of hydrogen-bond donors (Lipinski definition) is 1. The molecular formula is C19H17N3O4. The largest absolute Gasteiger partial charge is 0.325 e. The van der Waals surface area contributed by atoms with Crippen molar-refractivity contribution in [3.8, 4) is 0 Å². The lowest BCUT2D eigenvalue weighted by atomic mass is 9.76. The molecule has 1 N–H and O–H groups in total. The van der Waals surface area contributed by atoms with E-state index in [2.05, 4.69) is 5.32 Å². The summed E-state index contributed by atoms with van der Waals surface area (Å²) >= 11 is 0. The van der Waals surface area contributed by atoms with Crippen LogP contribution in [0.2, 0.25) is 0 Å². The molecular weight excluding hydrogens is 334 g/mol. The summed E-state index contributed by atoms with van der Waals surface area (Å²) in [6, 6.07) is 13.3. The Morgan fingerprint density at radius 2 is 1.85 bits per heavy atom. The molecule has 0 bridgehead atoms. The van der Waals surface area contributed by atoms with Gasteiger partial charge in [-0.15, -0.1) is 0 Å². The van der Waals surface area contributed by atoms with Gasteiger partial charge in [0.2, 0.25) is 0 Å². The van der Waals surface area contributed by atoms with Gasteiger partial charge in [0, 0.05) is 11.6 Å². The molecule has 1 fully saturated rings. The number of imide groups is 1. The van der Waals surface area contributed by atoms with Crippen molar-refractivity contribution in [3.05, 3.63) is 75.3 Å². The first-order valence-corrected chi connectivity index (χ1v) is 8.48. The Labute approximate surface area is 149 Å². The molecule has 4 rings (SSSR count). The SMILES string of the molecule is O=C1N[C@@]2(CCCc3ccccc32)C(=O)N1Cc1ccccc1[N+](=O)[O-]. The molecule has 3 amide bonds. The standard InChI is InChI=1S/C19H17N3O4/c23-17-19(11-5-8-13-6-1-3-9-15(13)19)20-18(24)21(17)12-14-7-2-4-10-16(14)22(25)26/h1-4,6-7,9-10H,5,8,11-12H2,(H,20,24)/t19-/m1/s1. The fraction of sp³-hybridized carbons (Fsp3) is 0.263. The number of amides is 3. The van der Waals surface area contributed by atoms with Crippen LogP contribution >= 0.6 is 0 Å². The van der Waals surface area contributed by atoms with E-state index in [9.17, 15) is 19.7 Å². The van der Waals surface area contributed by atoms with Gasteiger partial charge in [0.1, 0.15) is 5.54 Å². The van der Waals surface area contributed by atoms with Gasteiger partial charge in [-0.05, 0) is 30.4 Å². The van der Waals surface area contributed by atoms with Crippen LogP contribution in [0, 0.1) is 10.1 Å². The molecule has 2 aromatic rings. The number of fused-ring (bicyclic) bond motifs is 2. The molecule has 0 saturated carbocycles. The van der Waals surface area contributed by atoms with E-state index < -0.39 is 16.5 Å². The molecule has 26 heavy (non-hydrogen) atoms. The minimum absolute atomic E-state index is 0.0990. The predicted molar refractivity (Wildman–Crippen MR) is 93.2 cm³/mol. The molecule has 1 atom stereocenters. The highest BCUT2D eigenvalue weighted by atomic mass is 16.6. The number of benzene rings is 2. The maximum atomic E-state index is 13.2. The Hall–Kier alpha value is -3.22. The first-order chi connectivity index (χ1) is 12.5. The summed E-state index contributed by atoms with van der Waals surface area (Å²) in [7, 11) is 0. The smallest absolute Gasteiger partial charge is 0.319 e. The highest BCUT2D eigenvalue weighted by Gasteiger charge is 2.53. The van der Waals surface area contributed by atoms with Gasteiger partial charge in [-0.3, -0.25) is 19.8 Å². The van der Waals surface area contributed by atoms with E-state index in [4.69, 9.17) is 0 Å². The second-order valence-electron chi connectivity index (χ2n) is 6.62. The Morgan fingerprint density at radius 1 is 1.12 bits per heavy atom. The van der Waals surface area contributed by atoms with Gasteiger partial charge in [-0.1, -0.05) is 42.5 Å². The molecule has 2 aliphatic rings. The van der Waals surface area contributed by atoms with E-state index in [-0.39, 0.29) is 18.1 Å². The number of rotatable bonds is 3. The van der Waals surface area contributed by atoms with Crippen molar-refractivity contribution < 1.29 is 14.5 Å². The van der Waals surface area contributed by atoms with E-state index >= 15 is 0 Å². The second-order valence-corrected chi connectivity index (χ2v) is 6.62. The Kier molecular flexibility index (Phi) is 3.72. The van der Waals surface area contributed by atoms with Gasteiger partial charge >= 0.3 is 6.03 Å². The number of nitrogens with zero attached hydrogens (tertiary/aromatic N) is 2. The van der Waals surface area contributed by atoms with E-state index in [1.54, 1.807) is 18.2 Å². The molecule has 1 aliphatic carbocycles. The van der Waals surface area contributed by atoms with Gasteiger partial charge < -0.3 is 5.32 Å². The summed E-state index contributed by atoms with van der Waals surface area (Å²) in [5.41, 5.74) is 1.06. The summed E-state index contributed by atoms with van der Waals surface area (Å²) in [6.07, 6.45) is 2.19. The quantitative estimate of drug-likeness (QED) is 0.523. The molecule has 132 valence electrons. The predicted octanol–water partition coefficient (Wildman–Crippen LogP) is 2.88. The van der Waals surface area contributed by atoms with Crippen LogP contribution in [0.3, 0.4) is 0 Å². The Bertz CT molecular complexity index is 927. The third kappa shape index (κ3) is 2.35. The number of para-hydroxylation sites is 1. The number of nitro groups is 1. The van der Waals surface area contributed by atoms with Crippen molar-refractivity contribution in [2.24, 2.45) is 0 Å². The summed E-state index contributed by atoms with van der Waals surface area (Å²) in [6.45, 7) is -0.119. The minimum Gasteiger partial charge on any atom is -0.319 e. The fourth-order valence-electron chi connectivity index (χ4n) is 3.95. The van der Waals surface area contributed by atoms with E-state index in [1.807, 2.05) is 24.3 Å². The highest BCUT2D eigenvalue weighted by molar-refractivity contribution is 6.07. The minimum atomic E-state index is -1.06. The van der Waals surface area contributed by atoms with Gasteiger partial charge in [0.25, 0.3) is 11.6 Å². The highest BCUT2D eigenvalue weighted by Crippen LogP contribution is 2.40. The van der Waals surface area contributed by atoms with Crippen molar-refractivity contribution in [1.82, 2.24) is 10.2 Å². The molecule has 1 aliphatic heterocycles. The van der Waals surface area contributed by atoms with Crippen molar-refractivity contribution in [3.63, 3.8) is 0 Å². The Morgan fingerprint density at radius 3 is 2.65 bits per heavy atom. The Balaban J connectivity index is 1.71. The zero-order valence-corrected chi connectivity index (χ0v) is 14.0. The lowest BCUT2D eigenvalue weighted by Gasteiger charge is -2.33. The number of nitrogens with one attached hydrogen (secondary N) is 1. The molecule has 7 nitrogen and oxygen atoms in total. The number of nitro benzene ring substituents is 1. The van der Waals surface area contributed by atoms with E-state index in [1.165, 1.54) is 6.07 Å². The molecule has 0 radical (unpaired) electrons. The topological polar surface area (TPSA) is 92.6 Å². The molecule has 1 heterocycles. The van der Waals surface area contributed by atoms with Gasteiger partial charge in [-0.2, -0.15) is 0 Å².